The SMILES string of the molecule is Cc1cc(OCC(=O)N2CCN(c3ccccn3)CC2)ccc1Cl. The predicted molar refractivity (Wildman–Crippen MR) is 94.7 cm³/mol. The van der Waals surface area contributed by atoms with Crippen LogP contribution in [-0.4, -0.2) is 48.6 Å². The van der Waals surface area contributed by atoms with Crippen LogP contribution in [0.4, 0.5) is 5.82 Å². The van der Waals surface area contributed by atoms with E-state index in [1.807, 2.05) is 36.1 Å². The van der Waals surface area contributed by atoms with Crippen LogP contribution >= 0.6 is 11.6 Å². The first-order valence-electron chi connectivity index (χ1n) is 7.96. The fraction of sp³-hybridized carbons (Fsp3) is 0.333. The third kappa shape index (κ3) is 3.97. The number of hydrogen-bond donors (Lipinski definition) is 0. The summed E-state index contributed by atoms with van der Waals surface area (Å²) in [5, 5.41) is 0.694. The van der Waals surface area contributed by atoms with Crippen molar-refractivity contribution in [2.45, 2.75) is 6.92 Å². The Bertz CT molecular complexity index is 701. The maximum Gasteiger partial charge on any atom is 0.260 e. The van der Waals surface area contributed by atoms with Crippen molar-refractivity contribution in [3.8, 4) is 5.75 Å². The van der Waals surface area contributed by atoms with E-state index < -0.39 is 0 Å². The molecule has 1 fully saturated rings. The van der Waals surface area contributed by atoms with Crippen LogP contribution in [-0.2, 0) is 4.79 Å². The molecule has 1 aromatic carbocycles. The Labute approximate surface area is 146 Å². The Morgan fingerprint density at radius 3 is 2.67 bits per heavy atom. The van der Waals surface area contributed by atoms with Gasteiger partial charge in [0.1, 0.15) is 11.6 Å². The van der Waals surface area contributed by atoms with E-state index in [0.29, 0.717) is 23.9 Å². The molecule has 0 radical (unpaired) electrons. The first kappa shape index (κ1) is 16.6. The van der Waals surface area contributed by atoms with Gasteiger partial charge in [-0.15, -0.1) is 0 Å². The van der Waals surface area contributed by atoms with Gasteiger partial charge in [-0.1, -0.05) is 17.7 Å². The first-order chi connectivity index (χ1) is 11.6. The summed E-state index contributed by atoms with van der Waals surface area (Å²) in [5.41, 5.74) is 0.936. The highest BCUT2D eigenvalue weighted by Gasteiger charge is 2.22. The molecule has 0 bridgehead atoms. The third-order valence-electron chi connectivity index (χ3n) is 4.10. The Balaban J connectivity index is 1.49. The van der Waals surface area contributed by atoms with Crippen LogP contribution < -0.4 is 9.64 Å². The molecule has 1 amide bonds. The highest BCUT2D eigenvalue weighted by Crippen LogP contribution is 2.21. The number of nitrogens with zero attached hydrogens (tertiary/aromatic N) is 3. The number of halogens is 1. The summed E-state index contributed by atoms with van der Waals surface area (Å²) < 4.78 is 5.59. The second-order valence-electron chi connectivity index (χ2n) is 5.76. The molecule has 0 unspecified atom stereocenters. The van der Waals surface area contributed by atoms with E-state index in [9.17, 15) is 4.79 Å². The summed E-state index contributed by atoms with van der Waals surface area (Å²) in [6.07, 6.45) is 1.79. The van der Waals surface area contributed by atoms with E-state index in [1.54, 1.807) is 18.3 Å². The quantitative estimate of drug-likeness (QED) is 0.854. The lowest BCUT2D eigenvalue weighted by molar-refractivity contribution is -0.133. The topological polar surface area (TPSA) is 45.7 Å². The number of hydrogen-bond acceptors (Lipinski definition) is 4. The van der Waals surface area contributed by atoms with Crippen molar-refractivity contribution in [3.63, 3.8) is 0 Å². The van der Waals surface area contributed by atoms with Crippen molar-refractivity contribution in [1.29, 1.82) is 0 Å². The van der Waals surface area contributed by atoms with Crippen LogP contribution in [0.15, 0.2) is 42.6 Å². The van der Waals surface area contributed by atoms with Crippen LogP contribution in [0.2, 0.25) is 5.02 Å². The molecule has 1 aliphatic heterocycles. The number of carbonyl (C=O) groups excluding carboxylic acids is 1. The normalized spacial score (nSPS) is 14.6. The number of piperazine rings is 1. The molecule has 0 saturated carbocycles. The smallest absolute Gasteiger partial charge is 0.260 e. The number of benzene rings is 1. The van der Waals surface area contributed by atoms with Gasteiger partial charge >= 0.3 is 0 Å². The molecule has 1 aromatic heterocycles. The monoisotopic (exact) mass is 345 g/mol. The number of amides is 1. The van der Waals surface area contributed by atoms with Gasteiger partial charge in [0.25, 0.3) is 5.91 Å². The highest BCUT2D eigenvalue weighted by molar-refractivity contribution is 6.31. The molecule has 1 aliphatic rings. The van der Waals surface area contributed by atoms with Crippen LogP contribution in [0.25, 0.3) is 0 Å². The summed E-state index contributed by atoms with van der Waals surface area (Å²) in [4.78, 5) is 20.7. The van der Waals surface area contributed by atoms with Gasteiger partial charge in [-0.2, -0.15) is 0 Å². The number of pyridine rings is 1. The minimum atomic E-state index is 0.00303. The molecule has 0 N–H and O–H groups in total. The molecule has 0 aliphatic carbocycles. The number of carbonyl (C=O) groups is 1. The van der Waals surface area contributed by atoms with Gasteiger partial charge in [-0.05, 0) is 42.8 Å². The molecule has 24 heavy (non-hydrogen) atoms. The van der Waals surface area contributed by atoms with Crippen molar-refractivity contribution in [1.82, 2.24) is 9.88 Å². The first-order valence-corrected chi connectivity index (χ1v) is 8.34. The molecular weight excluding hydrogens is 326 g/mol. The van der Waals surface area contributed by atoms with Gasteiger partial charge < -0.3 is 14.5 Å². The van der Waals surface area contributed by atoms with E-state index in [2.05, 4.69) is 9.88 Å². The van der Waals surface area contributed by atoms with Crippen molar-refractivity contribution >= 4 is 23.3 Å². The lowest BCUT2D eigenvalue weighted by Crippen LogP contribution is -2.50. The fourth-order valence-electron chi connectivity index (χ4n) is 2.67. The third-order valence-corrected chi connectivity index (χ3v) is 4.52. The molecular formula is C18H20ClN3O2. The molecule has 3 rings (SSSR count). The molecule has 1 saturated heterocycles. The van der Waals surface area contributed by atoms with Crippen molar-refractivity contribution in [2.75, 3.05) is 37.7 Å². The molecule has 5 nitrogen and oxygen atoms in total. The van der Waals surface area contributed by atoms with Crippen LogP contribution in [0.3, 0.4) is 0 Å². The van der Waals surface area contributed by atoms with E-state index in [0.717, 1.165) is 24.5 Å². The lowest BCUT2D eigenvalue weighted by Gasteiger charge is -2.35. The summed E-state index contributed by atoms with van der Waals surface area (Å²) in [5.74, 6) is 1.62. The van der Waals surface area contributed by atoms with Gasteiger partial charge in [0.05, 0.1) is 0 Å². The Hall–Kier alpha value is -2.27. The Morgan fingerprint density at radius 1 is 1.21 bits per heavy atom. The Morgan fingerprint density at radius 2 is 2.00 bits per heavy atom. The highest BCUT2D eigenvalue weighted by atomic mass is 35.5. The molecule has 2 heterocycles. The van der Waals surface area contributed by atoms with Crippen molar-refractivity contribution in [2.24, 2.45) is 0 Å². The summed E-state index contributed by atoms with van der Waals surface area (Å²) in [6, 6.07) is 11.3. The van der Waals surface area contributed by atoms with Gasteiger partial charge in [-0.3, -0.25) is 4.79 Å². The second-order valence-corrected chi connectivity index (χ2v) is 6.16. The number of aryl methyl sites for hydroxylation is 1. The maximum absolute atomic E-state index is 12.3. The van der Waals surface area contributed by atoms with E-state index in [-0.39, 0.29) is 12.5 Å². The summed E-state index contributed by atoms with van der Waals surface area (Å²) >= 11 is 5.99. The second kappa shape index (κ2) is 7.53. The fourth-order valence-corrected chi connectivity index (χ4v) is 2.79. The molecule has 2 aromatic rings. The van der Waals surface area contributed by atoms with Gasteiger partial charge in [0, 0.05) is 37.4 Å². The average molecular weight is 346 g/mol. The van der Waals surface area contributed by atoms with E-state index in [1.165, 1.54) is 0 Å². The minimum Gasteiger partial charge on any atom is -0.484 e. The van der Waals surface area contributed by atoms with Crippen LogP contribution in [0.1, 0.15) is 5.56 Å². The zero-order valence-electron chi connectivity index (χ0n) is 13.6. The largest absolute Gasteiger partial charge is 0.484 e. The van der Waals surface area contributed by atoms with Crippen LogP contribution in [0.5, 0.6) is 5.75 Å². The minimum absolute atomic E-state index is 0.00303. The lowest BCUT2D eigenvalue weighted by atomic mass is 10.2. The van der Waals surface area contributed by atoms with E-state index >= 15 is 0 Å². The molecule has 0 atom stereocenters. The van der Waals surface area contributed by atoms with Gasteiger partial charge in [0.2, 0.25) is 0 Å². The number of ether oxygens (including phenoxy) is 1. The molecule has 126 valence electrons. The van der Waals surface area contributed by atoms with Crippen LogP contribution in [0, 0.1) is 6.92 Å². The zero-order valence-corrected chi connectivity index (χ0v) is 14.4. The van der Waals surface area contributed by atoms with Crippen molar-refractivity contribution in [3.05, 3.63) is 53.2 Å². The summed E-state index contributed by atoms with van der Waals surface area (Å²) in [6.45, 7) is 4.88. The van der Waals surface area contributed by atoms with E-state index in [4.69, 9.17) is 16.3 Å². The zero-order chi connectivity index (χ0) is 16.9. The molecule has 6 heteroatoms. The summed E-state index contributed by atoms with van der Waals surface area (Å²) in [7, 11) is 0. The number of aromatic nitrogens is 1. The standard InChI is InChI=1S/C18H20ClN3O2/c1-14-12-15(5-6-16(14)19)24-13-18(23)22-10-8-21(9-11-22)17-4-2-3-7-20-17/h2-7,12H,8-11,13H2,1H3. The average Bonchev–Trinajstić information content (AvgIpc) is 2.63. The number of anilines is 1. The maximum atomic E-state index is 12.3. The number of rotatable bonds is 4. The van der Waals surface area contributed by atoms with Gasteiger partial charge in [0.15, 0.2) is 6.61 Å². The molecule has 0 spiro atoms. The predicted octanol–water partition coefficient (Wildman–Crippen LogP) is 2.77. The van der Waals surface area contributed by atoms with Gasteiger partial charge in [-0.25, -0.2) is 4.98 Å². The van der Waals surface area contributed by atoms with Crippen molar-refractivity contribution < 1.29 is 9.53 Å². The Kier molecular flexibility index (Phi) is 5.20.